The van der Waals surface area contributed by atoms with Crippen LogP contribution in [0.5, 0.6) is 0 Å². The Balaban J connectivity index is 2.22. The van der Waals surface area contributed by atoms with E-state index >= 15 is 0 Å². The molecule has 0 aromatic heterocycles. The Bertz CT molecular complexity index is 615. The van der Waals surface area contributed by atoms with Crippen LogP contribution in [-0.4, -0.2) is 43.8 Å². The van der Waals surface area contributed by atoms with Gasteiger partial charge in [0, 0.05) is 18.8 Å². The highest BCUT2D eigenvalue weighted by Gasteiger charge is 2.33. The predicted molar refractivity (Wildman–Crippen MR) is 70.0 cm³/mol. The molecule has 0 radical (unpaired) electrons. The molecule has 1 heterocycles. The average Bonchev–Trinajstić information content (AvgIpc) is 2.71. The number of nitrogen functional groups attached to an aromatic ring is 1. The minimum absolute atomic E-state index is 0.0642. The number of rotatable bonds is 2. The zero-order valence-electron chi connectivity index (χ0n) is 10.5. The lowest BCUT2D eigenvalue weighted by atomic mass is 10.1. The van der Waals surface area contributed by atoms with E-state index in [1.165, 1.54) is 24.1 Å². The molecule has 1 fully saturated rings. The molecule has 0 spiro atoms. The summed E-state index contributed by atoms with van der Waals surface area (Å²) in [6.07, 6.45) is 0.383. The van der Waals surface area contributed by atoms with Crippen LogP contribution in [0.25, 0.3) is 0 Å². The van der Waals surface area contributed by atoms with Gasteiger partial charge in [-0.15, -0.1) is 0 Å². The number of hydrogen-bond acceptors (Lipinski definition) is 4. The van der Waals surface area contributed by atoms with Gasteiger partial charge in [-0.1, -0.05) is 0 Å². The van der Waals surface area contributed by atoms with Crippen LogP contribution >= 0.6 is 0 Å². The molecule has 19 heavy (non-hydrogen) atoms. The second-order valence-corrected chi connectivity index (χ2v) is 6.94. The molecule has 5 nitrogen and oxygen atoms in total. The van der Waals surface area contributed by atoms with E-state index in [0.717, 1.165) is 6.07 Å². The molecule has 0 aliphatic carbocycles. The second-order valence-electron chi connectivity index (χ2n) is 4.71. The fourth-order valence-electron chi connectivity index (χ4n) is 2.14. The van der Waals surface area contributed by atoms with Crippen LogP contribution in [0.4, 0.5) is 10.1 Å². The molecule has 1 atom stereocenters. The normalized spacial score (nSPS) is 21.3. The third-order valence-corrected chi connectivity index (χ3v) is 5.05. The van der Waals surface area contributed by atoms with Gasteiger partial charge in [0.05, 0.1) is 17.1 Å². The van der Waals surface area contributed by atoms with Gasteiger partial charge in [0.15, 0.2) is 9.84 Å². The van der Waals surface area contributed by atoms with Crippen LogP contribution < -0.4 is 5.73 Å². The molecular formula is C12H15FN2O3S. The number of carbonyl (C=O) groups excluding carboxylic acids is 1. The predicted octanol–water partition coefficient (Wildman–Crippen LogP) is 0.667. The van der Waals surface area contributed by atoms with E-state index in [1.807, 2.05) is 0 Å². The largest absolute Gasteiger partial charge is 0.399 e. The summed E-state index contributed by atoms with van der Waals surface area (Å²) in [5.74, 6) is -1.22. The average molecular weight is 286 g/mol. The summed E-state index contributed by atoms with van der Waals surface area (Å²) >= 11 is 0. The number of sulfone groups is 1. The minimum Gasteiger partial charge on any atom is -0.399 e. The van der Waals surface area contributed by atoms with Crippen molar-refractivity contribution < 1.29 is 17.6 Å². The summed E-state index contributed by atoms with van der Waals surface area (Å²) in [4.78, 5) is 13.4. The number of nitrogens with two attached hydrogens (primary N) is 1. The van der Waals surface area contributed by atoms with E-state index in [-0.39, 0.29) is 22.8 Å². The van der Waals surface area contributed by atoms with Gasteiger partial charge in [-0.05, 0) is 24.6 Å². The van der Waals surface area contributed by atoms with E-state index in [9.17, 15) is 17.6 Å². The molecular weight excluding hydrogens is 271 g/mol. The SMILES string of the molecule is CN(C(=O)c1cc(N)ccc1F)C1CCS(=O)(=O)C1. The van der Waals surface area contributed by atoms with Crippen LogP contribution in [0, 0.1) is 5.82 Å². The van der Waals surface area contributed by atoms with Gasteiger partial charge in [0.2, 0.25) is 0 Å². The maximum absolute atomic E-state index is 13.6. The van der Waals surface area contributed by atoms with E-state index in [2.05, 4.69) is 0 Å². The summed E-state index contributed by atoms with van der Waals surface area (Å²) in [7, 11) is -1.60. The van der Waals surface area contributed by atoms with Crippen molar-refractivity contribution in [3.05, 3.63) is 29.6 Å². The van der Waals surface area contributed by atoms with Crippen LogP contribution in [0.2, 0.25) is 0 Å². The number of hydrogen-bond donors (Lipinski definition) is 1. The summed E-state index contributed by atoms with van der Waals surface area (Å²) < 4.78 is 36.4. The molecule has 0 bridgehead atoms. The third-order valence-electron chi connectivity index (χ3n) is 3.30. The summed E-state index contributed by atoms with van der Waals surface area (Å²) in [6, 6.07) is 3.35. The standard InChI is InChI=1S/C12H15FN2O3S/c1-15(9-4-5-19(17,18)7-9)12(16)10-6-8(14)2-3-11(10)13/h2-3,6,9H,4-5,7,14H2,1H3. The topological polar surface area (TPSA) is 80.5 Å². The number of amides is 1. The third kappa shape index (κ3) is 2.86. The van der Waals surface area contributed by atoms with Crippen LogP contribution in [-0.2, 0) is 9.84 Å². The van der Waals surface area contributed by atoms with Crippen molar-refractivity contribution in [2.75, 3.05) is 24.3 Å². The highest BCUT2D eigenvalue weighted by molar-refractivity contribution is 7.91. The first-order chi connectivity index (χ1) is 8.80. The quantitative estimate of drug-likeness (QED) is 0.810. The Morgan fingerprint density at radius 3 is 2.74 bits per heavy atom. The number of anilines is 1. The van der Waals surface area contributed by atoms with Gasteiger partial charge in [0.25, 0.3) is 5.91 Å². The Morgan fingerprint density at radius 2 is 2.16 bits per heavy atom. The Labute approximate surface area is 111 Å². The second kappa shape index (κ2) is 4.80. The highest BCUT2D eigenvalue weighted by Crippen LogP contribution is 2.20. The van der Waals surface area contributed by atoms with E-state index in [1.54, 1.807) is 0 Å². The van der Waals surface area contributed by atoms with Gasteiger partial charge < -0.3 is 10.6 Å². The molecule has 104 valence electrons. The van der Waals surface area contributed by atoms with Crippen molar-refractivity contribution in [2.45, 2.75) is 12.5 Å². The molecule has 7 heteroatoms. The lowest BCUT2D eigenvalue weighted by Gasteiger charge is -2.23. The lowest BCUT2D eigenvalue weighted by Crippen LogP contribution is -2.38. The van der Waals surface area contributed by atoms with Crippen molar-refractivity contribution in [1.82, 2.24) is 4.90 Å². The first-order valence-corrected chi connectivity index (χ1v) is 7.65. The maximum atomic E-state index is 13.6. The zero-order chi connectivity index (χ0) is 14.2. The monoisotopic (exact) mass is 286 g/mol. The molecule has 1 aliphatic heterocycles. The Kier molecular flexibility index (Phi) is 3.49. The Hall–Kier alpha value is -1.63. The summed E-state index contributed by atoms with van der Waals surface area (Å²) in [5.41, 5.74) is 5.69. The van der Waals surface area contributed by atoms with Crippen molar-refractivity contribution in [2.24, 2.45) is 0 Å². The van der Waals surface area contributed by atoms with Crippen molar-refractivity contribution in [3.8, 4) is 0 Å². The van der Waals surface area contributed by atoms with E-state index in [4.69, 9.17) is 5.73 Å². The summed E-state index contributed by atoms with van der Waals surface area (Å²) in [6.45, 7) is 0. The van der Waals surface area contributed by atoms with Crippen LogP contribution in [0.3, 0.4) is 0 Å². The molecule has 1 aromatic carbocycles. The molecule has 1 unspecified atom stereocenters. The van der Waals surface area contributed by atoms with Crippen LogP contribution in [0.15, 0.2) is 18.2 Å². The molecule has 1 amide bonds. The number of benzene rings is 1. The van der Waals surface area contributed by atoms with E-state index < -0.39 is 27.6 Å². The van der Waals surface area contributed by atoms with Crippen molar-refractivity contribution in [3.63, 3.8) is 0 Å². The lowest BCUT2D eigenvalue weighted by molar-refractivity contribution is 0.0743. The number of nitrogens with zero attached hydrogens (tertiary/aromatic N) is 1. The molecule has 1 aromatic rings. The zero-order valence-corrected chi connectivity index (χ0v) is 11.3. The molecule has 1 aliphatic rings. The van der Waals surface area contributed by atoms with Crippen molar-refractivity contribution >= 4 is 21.4 Å². The first-order valence-electron chi connectivity index (χ1n) is 5.83. The van der Waals surface area contributed by atoms with Gasteiger partial charge in [0.1, 0.15) is 5.82 Å². The molecule has 1 saturated heterocycles. The number of carbonyl (C=O) groups is 1. The molecule has 0 saturated carbocycles. The fraction of sp³-hybridized carbons (Fsp3) is 0.417. The smallest absolute Gasteiger partial charge is 0.256 e. The minimum atomic E-state index is -3.09. The highest BCUT2D eigenvalue weighted by atomic mass is 32.2. The van der Waals surface area contributed by atoms with Gasteiger partial charge in [-0.2, -0.15) is 0 Å². The van der Waals surface area contributed by atoms with E-state index in [0.29, 0.717) is 6.42 Å². The first kappa shape index (κ1) is 13.8. The molecule has 2 rings (SSSR count). The number of halogens is 1. The Morgan fingerprint density at radius 1 is 1.47 bits per heavy atom. The van der Waals surface area contributed by atoms with Crippen molar-refractivity contribution in [1.29, 1.82) is 0 Å². The van der Waals surface area contributed by atoms with Gasteiger partial charge in [-0.3, -0.25) is 4.79 Å². The van der Waals surface area contributed by atoms with Gasteiger partial charge in [-0.25, -0.2) is 12.8 Å². The van der Waals surface area contributed by atoms with Crippen LogP contribution in [0.1, 0.15) is 16.8 Å². The maximum Gasteiger partial charge on any atom is 0.256 e. The fourth-order valence-corrected chi connectivity index (χ4v) is 3.92. The summed E-state index contributed by atoms with van der Waals surface area (Å²) in [5, 5.41) is 0. The van der Waals surface area contributed by atoms with Gasteiger partial charge >= 0.3 is 0 Å². The molecule has 2 N–H and O–H groups in total.